The van der Waals surface area contributed by atoms with Gasteiger partial charge in [0.2, 0.25) is 0 Å². The van der Waals surface area contributed by atoms with Crippen molar-refractivity contribution in [2.75, 3.05) is 20.1 Å². The molecule has 3 N–H and O–H groups in total. The number of hydrogen-bond acceptors (Lipinski definition) is 3. The highest BCUT2D eigenvalue weighted by atomic mass is 35.5. The maximum Gasteiger partial charge on any atom is 0.251 e. The number of nitrogens with one attached hydrogen (secondary N) is 1. The molecule has 0 spiro atoms. The molecule has 0 heterocycles. The molecule has 0 aliphatic rings. The summed E-state index contributed by atoms with van der Waals surface area (Å²) in [6.07, 6.45) is 0. The van der Waals surface area contributed by atoms with Gasteiger partial charge in [-0.25, -0.2) is 0 Å². The Kier molecular flexibility index (Phi) is 8.33. The monoisotopic (exact) mass is 333 g/mol. The van der Waals surface area contributed by atoms with Crippen LogP contribution in [0, 0.1) is 0 Å². The van der Waals surface area contributed by atoms with Crippen molar-refractivity contribution >= 4 is 18.3 Å². The van der Waals surface area contributed by atoms with E-state index in [0.29, 0.717) is 18.7 Å². The lowest BCUT2D eigenvalue weighted by atomic mass is 10.1. The third-order valence-electron chi connectivity index (χ3n) is 3.53. The summed E-state index contributed by atoms with van der Waals surface area (Å²) in [5.41, 5.74) is 8.51. The predicted octanol–water partition coefficient (Wildman–Crippen LogP) is 2.43. The Morgan fingerprint density at radius 2 is 1.70 bits per heavy atom. The molecule has 0 aliphatic carbocycles. The first-order valence-electron chi connectivity index (χ1n) is 7.48. The summed E-state index contributed by atoms with van der Waals surface area (Å²) in [7, 11) is 2.05. The van der Waals surface area contributed by atoms with Gasteiger partial charge in [0.05, 0.1) is 0 Å². The summed E-state index contributed by atoms with van der Waals surface area (Å²) in [4.78, 5) is 14.2. The fourth-order valence-electron chi connectivity index (χ4n) is 2.23. The third kappa shape index (κ3) is 6.40. The maximum absolute atomic E-state index is 12.0. The van der Waals surface area contributed by atoms with E-state index in [1.165, 1.54) is 5.56 Å². The lowest BCUT2D eigenvalue weighted by Crippen LogP contribution is -2.32. The Balaban J connectivity index is 0.00000264. The molecule has 124 valence electrons. The number of halogens is 1. The summed E-state index contributed by atoms with van der Waals surface area (Å²) in [5.74, 6) is -0.0447. The number of benzene rings is 2. The van der Waals surface area contributed by atoms with Crippen LogP contribution in [0.2, 0.25) is 0 Å². The number of hydrogen-bond donors (Lipinski definition) is 2. The number of nitrogens with zero attached hydrogens (tertiary/aromatic N) is 1. The van der Waals surface area contributed by atoms with Gasteiger partial charge in [0.1, 0.15) is 0 Å². The first kappa shape index (κ1) is 19.2. The average Bonchev–Trinajstić information content (AvgIpc) is 2.55. The maximum atomic E-state index is 12.0. The number of carbonyl (C=O) groups excluding carboxylic acids is 1. The molecule has 2 rings (SSSR count). The number of amides is 1. The van der Waals surface area contributed by atoms with Crippen molar-refractivity contribution in [1.29, 1.82) is 0 Å². The van der Waals surface area contributed by atoms with E-state index in [0.717, 1.165) is 18.7 Å². The number of likely N-dealkylation sites (N-methyl/N-ethyl adjacent to an activating group) is 1. The predicted molar refractivity (Wildman–Crippen MR) is 96.7 cm³/mol. The first-order valence-corrected chi connectivity index (χ1v) is 7.48. The van der Waals surface area contributed by atoms with E-state index < -0.39 is 0 Å². The van der Waals surface area contributed by atoms with Crippen LogP contribution in [-0.2, 0) is 13.1 Å². The lowest BCUT2D eigenvalue weighted by Gasteiger charge is -2.17. The zero-order valence-electron chi connectivity index (χ0n) is 13.4. The highest BCUT2D eigenvalue weighted by Crippen LogP contribution is 2.04. The molecular formula is C18H24ClN3O. The second kappa shape index (κ2) is 10.0. The Morgan fingerprint density at radius 3 is 2.30 bits per heavy atom. The number of rotatable bonds is 7. The molecule has 0 atom stereocenters. The Hall–Kier alpha value is -1.88. The highest BCUT2D eigenvalue weighted by Gasteiger charge is 2.05. The van der Waals surface area contributed by atoms with Crippen molar-refractivity contribution in [2.24, 2.45) is 5.73 Å². The normalized spacial score (nSPS) is 10.2. The van der Waals surface area contributed by atoms with E-state index in [-0.39, 0.29) is 18.3 Å². The third-order valence-corrected chi connectivity index (χ3v) is 3.53. The van der Waals surface area contributed by atoms with Crippen molar-refractivity contribution < 1.29 is 4.79 Å². The molecule has 0 unspecified atom stereocenters. The summed E-state index contributed by atoms with van der Waals surface area (Å²) >= 11 is 0. The minimum atomic E-state index is -0.0447. The largest absolute Gasteiger partial charge is 0.351 e. The van der Waals surface area contributed by atoms with E-state index in [1.54, 1.807) is 0 Å². The van der Waals surface area contributed by atoms with E-state index in [4.69, 9.17) is 5.73 Å². The molecule has 0 saturated heterocycles. The minimum Gasteiger partial charge on any atom is -0.351 e. The van der Waals surface area contributed by atoms with Crippen LogP contribution in [0.15, 0.2) is 54.6 Å². The molecule has 0 fully saturated rings. The van der Waals surface area contributed by atoms with Gasteiger partial charge < -0.3 is 16.0 Å². The fourth-order valence-corrected chi connectivity index (χ4v) is 2.23. The van der Waals surface area contributed by atoms with Crippen LogP contribution in [0.25, 0.3) is 0 Å². The van der Waals surface area contributed by atoms with Gasteiger partial charge in [-0.3, -0.25) is 4.79 Å². The minimum absolute atomic E-state index is 0. The van der Waals surface area contributed by atoms with E-state index in [1.807, 2.05) is 42.5 Å². The van der Waals surface area contributed by atoms with Gasteiger partial charge in [-0.2, -0.15) is 0 Å². The standard InChI is InChI=1S/C18H23N3O.ClH/c1-21(14-16-5-3-2-4-6-16)12-11-20-18(22)17-9-7-15(13-19)8-10-17;/h2-10H,11-14,19H2,1H3,(H,20,22);1H. The molecule has 5 heteroatoms. The van der Waals surface area contributed by atoms with Gasteiger partial charge in [-0.05, 0) is 30.3 Å². The van der Waals surface area contributed by atoms with E-state index in [2.05, 4.69) is 29.4 Å². The fraction of sp³-hybridized carbons (Fsp3) is 0.278. The molecule has 2 aromatic carbocycles. The van der Waals surface area contributed by atoms with Gasteiger partial charge in [0.25, 0.3) is 5.91 Å². The van der Waals surface area contributed by atoms with Gasteiger partial charge in [-0.15, -0.1) is 12.4 Å². The van der Waals surface area contributed by atoms with Gasteiger partial charge in [-0.1, -0.05) is 42.5 Å². The van der Waals surface area contributed by atoms with Crippen molar-refractivity contribution in [3.8, 4) is 0 Å². The molecule has 0 aliphatic heterocycles. The molecule has 0 aromatic heterocycles. The van der Waals surface area contributed by atoms with Gasteiger partial charge >= 0.3 is 0 Å². The van der Waals surface area contributed by atoms with Crippen LogP contribution in [-0.4, -0.2) is 30.9 Å². The van der Waals surface area contributed by atoms with Crippen molar-refractivity contribution in [3.63, 3.8) is 0 Å². The molecule has 0 saturated carbocycles. The van der Waals surface area contributed by atoms with Crippen LogP contribution < -0.4 is 11.1 Å². The summed E-state index contributed by atoms with van der Waals surface area (Å²) in [6.45, 7) is 2.80. The topological polar surface area (TPSA) is 58.4 Å². The number of nitrogens with two attached hydrogens (primary N) is 1. The van der Waals surface area contributed by atoms with Gasteiger partial charge in [0, 0.05) is 31.7 Å². The molecule has 23 heavy (non-hydrogen) atoms. The second-order valence-electron chi connectivity index (χ2n) is 5.38. The summed E-state index contributed by atoms with van der Waals surface area (Å²) < 4.78 is 0. The van der Waals surface area contributed by atoms with Crippen LogP contribution in [0.4, 0.5) is 0 Å². The molecule has 2 aromatic rings. The molecular weight excluding hydrogens is 310 g/mol. The van der Waals surface area contributed by atoms with Crippen molar-refractivity contribution in [3.05, 3.63) is 71.3 Å². The van der Waals surface area contributed by atoms with Crippen LogP contribution in [0.1, 0.15) is 21.5 Å². The molecule has 0 bridgehead atoms. The average molecular weight is 334 g/mol. The second-order valence-corrected chi connectivity index (χ2v) is 5.38. The van der Waals surface area contributed by atoms with Gasteiger partial charge in [0.15, 0.2) is 0 Å². The van der Waals surface area contributed by atoms with E-state index in [9.17, 15) is 4.79 Å². The number of carbonyl (C=O) groups is 1. The van der Waals surface area contributed by atoms with Crippen molar-refractivity contribution in [2.45, 2.75) is 13.1 Å². The smallest absolute Gasteiger partial charge is 0.251 e. The Morgan fingerprint density at radius 1 is 1.04 bits per heavy atom. The van der Waals surface area contributed by atoms with Crippen LogP contribution >= 0.6 is 12.4 Å². The molecule has 4 nitrogen and oxygen atoms in total. The molecule has 1 amide bonds. The SMILES string of the molecule is CN(CCNC(=O)c1ccc(CN)cc1)Cc1ccccc1.Cl. The Labute approximate surface area is 144 Å². The van der Waals surface area contributed by atoms with E-state index >= 15 is 0 Å². The lowest BCUT2D eigenvalue weighted by molar-refractivity contribution is 0.0949. The van der Waals surface area contributed by atoms with Crippen molar-refractivity contribution in [1.82, 2.24) is 10.2 Å². The Bertz CT molecular complexity index is 587. The highest BCUT2D eigenvalue weighted by molar-refractivity contribution is 5.94. The summed E-state index contributed by atoms with van der Waals surface area (Å²) in [6, 6.07) is 17.7. The van der Waals surface area contributed by atoms with Crippen LogP contribution in [0.5, 0.6) is 0 Å². The zero-order valence-corrected chi connectivity index (χ0v) is 14.2. The quantitative estimate of drug-likeness (QED) is 0.818. The first-order chi connectivity index (χ1) is 10.7. The zero-order chi connectivity index (χ0) is 15.8. The van der Waals surface area contributed by atoms with Crippen LogP contribution in [0.3, 0.4) is 0 Å². The molecule has 0 radical (unpaired) electrons. The summed E-state index contributed by atoms with van der Waals surface area (Å²) in [5, 5.41) is 2.94.